The molecule has 0 N–H and O–H groups in total. The van der Waals surface area contributed by atoms with Crippen molar-refractivity contribution in [2.24, 2.45) is 0 Å². The summed E-state index contributed by atoms with van der Waals surface area (Å²) < 4.78 is 2.63. The second-order valence-corrected chi connectivity index (χ2v) is 16.5. The number of aromatic nitrogens is 2. The van der Waals surface area contributed by atoms with Gasteiger partial charge in [-0.25, -0.2) is 9.97 Å². The van der Waals surface area contributed by atoms with Crippen molar-refractivity contribution in [1.82, 2.24) is 9.97 Å². The van der Waals surface area contributed by atoms with E-state index in [9.17, 15) is 0 Å². The molecule has 3 heteroatoms. The standard InChI is InChI=1S/C53H36N2S/c1-53(2)45-20-11-19-41(51(45)44-30-37-14-6-7-15-38(37)31-46(44)53)33-22-24-34(25-23-33)47-32-48(55-52(54-47)35-12-4-3-5-13-35)40-17-10-16-36(28-40)39-26-27-50-43(29-39)42-18-8-9-21-49(42)56-50/h3-32H,1-2H3. The molecule has 2 nitrogen and oxygen atoms in total. The minimum absolute atomic E-state index is 0.0851. The molecular weight excluding hydrogens is 697 g/mol. The van der Waals surface area contributed by atoms with Gasteiger partial charge in [0.1, 0.15) is 0 Å². The van der Waals surface area contributed by atoms with Crippen LogP contribution in [0.2, 0.25) is 0 Å². The van der Waals surface area contributed by atoms with Crippen molar-refractivity contribution in [3.63, 3.8) is 0 Å². The van der Waals surface area contributed by atoms with Crippen LogP contribution in [0.25, 0.3) is 98.2 Å². The van der Waals surface area contributed by atoms with Gasteiger partial charge in [-0.2, -0.15) is 0 Å². The molecule has 56 heavy (non-hydrogen) atoms. The topological polar surface area (TPSA) is 25.8 Å². The van der Waals surface area contributed by atoms with Crippen LogP contribution in [-0.2, 0) is 5.41 Å². The SMILES string of the molecule is CC1(C)c2cc3ccccc3cc2-c2c(-c3ccc(-c4cc(-c5cccc(-c6ccc7sc8ccccc8c7c6)c5)nc(-c5ccccc5)n4)cc3)cccc21. The Labute approximate surface area is 330 Å². The third-order valence-electron chi connectivity index (χ3n) is 11.7. The number of hydrogen-bond donors (Lipinski definition) is 0. The highest BCUT2D eigenvalue weighted by atomic mass is 32.1. The summed E-state index contributed by atoms with van der Waals surface area (Å²) in [6.07, 6.45) is 0. The van der Waals surface area contributed by atoms with Gasteiger partial charge in [0.25, 0.3) is 0 Å². The first kappa shape index (κ1) is 32.7. The molecule has 1 aliphatic carbocycles. The van der Waals surface area contributed by atoms with E-state index in [1.54, 1.807) is 0 Å². The minimum Gasteiger partial charge on any atom is -0.228 e. The van der Waals surface area contributed by atoms with Crippen LogP contribution in [0.5, 0.6) is 0 Å². The summed E-state index contributed by atoms with van der Waals surface area (Å²) in [6, 6.07) is 65.9. The molecule has 0 fully saturated rings. The van der Waals surface area contributed by atoms with Crippen LogP contribution < -0.4 is 0 Å². The van der Waals surface area contributed by atoms with E-state index in [0.717, 1.165) is 28.1 Å². The Morgan fingerprint density at radius 2 is 1.02 bits per heavy atom. The van der Waals surface area contributed by atoms with Gasteiger partial charge in [-0.05, 0) is 97.7 Å². The summed E-state index contributed by atoms with van der Waals surface area (Å²) in [5.41, 5.74) is 15.1. The van der Waals surface area contributed by atoms with Gasteiger partial charge in [-0.3, -0.25) is 0 Å². The number of nitrogens with zero attached hydrogens (tertiary/aromatic N) is 2. The van der Waals surface area contributed by atoms with E-state index < -0.39 is 0 Å². The highest BCUT2D eigenvalue weighted by Gasteiger charge is 2.37. The molecule has 264 valence electrons. The monoisotopic (exact) mass is 732 g/mol. The average molecular weight is 733 g/mol. The van der Waals surface area contributed by atoms with E-state index in [4.69, 9.17) is 9.97 Å². The lowest BCUT2D eigenvalue weighted by atomic mass is 9.81. The average Bonchev–Trinajstić information content (AvgIpc) is 3.74. The lowest BCUT2D eigenvalue weighted by molar-refractivity contribution is 0.661. The molecule has 0 amide bonds. The predicted octanol–water partition coefficient (Wildman–Crippen LogP) is 14.6. The second-order valence-electron chi connectivity index (χ2n) is 15.4. The van der Waals surface area contributed by atoms with E-state index in [1.165, 1.54) is 75.5 Å². The molecular formula is C53H36N2S. The normalized spacial score (nSPS) is 13.0. The Bertz CT molecular complexity index is 3150. The first-order valence-corrected chi connectivity index (χ1v) is 20.0. The van der Waals surface area contributed by atoms with Crippen LogP contribution in [0.1, 0.15) is 25.0 Å². The fourth-order valence-corrected chi connectivity index (χ4v) is 9.84. The quantitative estimate of drug-likeness (QED) is 0.176. The maximum atomic E-state index is 5.17. The maximum Gasteiger partial charge on any atom is 0.160 e. The van der Waals surface area contributed by atoms with Crippen LogP contribution >= 0.6 is 11.3 Å². The van der Waals surface area contributed by atoms with E-state index in [1.807, 2.05) is 29.5 Å². The Balaban J connectivity index is 0.999. The molecule has 1 aliphatic rings. The summed E-state index contributed by atoms with van der Waals surface area (Å²) in [7, 11) is 0. The first-order chi connectivity index (χ1) is 27.5. The predicted molar refractivity (Wildman–Crippen MR) is 237 cm³/mol. The lowest BCUT2D eigenvalue weighted by Gasteiger charge is -2.22. The lowest BCUT2D eigenvalue weighted by Crippen LogP contribution is -2.14. The largest absolute Gasteiger partial charge is 0.228 e. The van der Waals surface area contributed by atoms with E-state index in [2.05, 4.69) is 178 Å². The first-order valence-electron chi connectivity index (χ1n) is 19.2. The van der Waals surface area contributed by atoms with E-state index in [-0.39, 0.29) is 5.41 Å². The fourth-order valence-electron chi connectivity index (χ4n) is 8.76. The van der Waals surface area contributed by atoms with Gasteiger partial charge in [-0.1, -0.05) is 153 Å². The van der Waals surface area contributed by atoms with Crippen molar-refractivity contribution in [3.05, 3.63) is 193 Å². The Morgan fingerprint density at radius 3 is 1.86 bits per heavy atom. The number of thiophene rings is 1. The number of hydrogen-bond acceptors (Lipinski definition) is 3. The Morgan fingerprint density at radius 1 is 0.393 bits per heavy atom. The Hall–Kier alpha value is -6.68. The second kappa shape index (κ2) is 12.7. The van der Waals surface area contributed by atoms with Crippen molar-refractivity contribution in [2.45, 2.75) is 19.3 Å². The highest BCUT2D eigenvalue weighted by Crippen LogP contribution is 2.53. The number of benzene rings is 8. The molecule has 0 unspecified atom stereocenters. The summed E-state index contributed by atoms with van der Waals surface area (Å²) >= 11 is 1.85. The molecule has 0 aliphatic heterocycles. The van der Waals surface area contributed by atoms with Crippen LogP contribution in [0, 0.1) is 0 Å². The molecule has 0 saturated heterocycles. The van der Waals surface area contributed by atoms with Crippen molar-refractivity contribution in [1.29, 1.82) is 0 Å². The van der Waals surface area contributed by atoms with Gasteiger partial charge >= 0.3 is 0 Å². The zero-order valence-corrected chi connectivity index (χ0v) is 31.9. The molecule has 0 atom stereocenters. The number of rotatable bonds is 5. The van der Waals surface area contributed by atoms with Gasteiger partial charge in [-0.15, -0.1) is 11.3 Å². The number of fused-ring (bicyclic) bond motifs is 7. The zero-order valence-electron chi connectivity index (χ0n) is 31.1. The molecule has 0 radical (unpaired) electrons. The van der Waals surface area contributed by atoms with Gasteiger partial charge in [0.15, 0.2) is 5.82 Å². The molecule has 2 aromatic heterocycles. The van der Waals surface area contributed by atoms with Crippen molar-refractivity contribution in [3.8, 4) is 67.3 Å². The molecule has 10 aromatic rings. The summed E-state index contributed by atoms with van der Waals surface area (Å²) in [6.45, 7) is 4.71. The van der Waals surface area contributed by atoms with Crippen LogP contribution in [0.15, 0.2) is 182 Å². The van der Waals surface area contributed by atoms with Crippen LogP contribution in [0.4, 0.5) is 0 Å². The molecule has 0 saturated carbocycles. The van der Waals surface area contributed by atoms with Crippen LogP contribution in [-0.4, -0.2) is 9.97 Å². The Kier molecular flexibility index (Phi) is 7.42. The van der Waals surface area contributed by atoms with Crippen molar-refractivity contribution < 1.29 is 0 Å². The summed E-state index contributed by atoms with van der Waals surface area (Å²) in [5.74, 6) is 0.714. The fraction of sp³-hybridized carbons (Fsp3) is 0.0566. The third-order valence-corrected chi connectivity index (χ3v) is 12.8. The summed E-state index contributed by atoms with van der Waals surface area (Å²) in [5, 5.41) is 5.17. The molecule has 0 bridgehead atoms. The highest BCUT2D eigenvalue weighted by molar-refractivity contribution is 7.25. The molecule has 2 heterocycles. The van der Waals surface area contributed by atoms with Crippen LogP contribution in [0.3, 0.4) is 0 Å². The minimum atomic E-state index is -0.0851. The van der Waals surface area contributed by atoms with E-state index in [0.29, 0.717) is 5.82 Å². The smallest absolute Gasteiger partial charge is 0.160 e. The zero-order chi connectivity index (χ0) is 37.4. The van der Waals surface area contributed by atoms with Gasteiger partial charge in [0.2, 0.25) is 0 Å². The van der Waals surface area contributed by atoms with Gasteiger partial charge in [0.05, 0.1) is 11.4 Å². The van der Waals surface area contributed by atoms with Gasteiger partial charge in [0, 0.05) is 42.3 Å². The maximum absolute atomic E-state index is 5.17. The third kappa shape index (κ3) is 5.31. The van der Waals surface area contributed by atoms with Gasteiger partial charge < -0.3 is 0 Å². The van der Waals surface area contributed by atoms with E-state index >= 15 is 0 Å². The molecule has 0 spiro atoms. The molecule has 11 rings (SSSR count). The molecule has 8 aromatic carbocycles. The summed E-state index contributed by atoms with van der Waals surface area (Å²) in [4.78, 5) is 10.3. The van der Waals surface area contributed by atoms with Crippen molar-refractivity contribution in [2.75, 3.05) is 0 Å². The van der Waals surface area contributed by atoms with Crippen molar-refractivity contribution >= 4 is 42.3 Å².